The standard InChI is InChI=1S/C5H14O8P2/c1-5(2,3-4-6)12-15(10,11)13-14(7,8)9/h6H,3-4H2,1-2H3,(H,10,11)(H2,7,8,9). The zero-order valence-electron chi connectivity index (χ0n) is 8.23. The summed E-state index contributed by atoms with van der Waals surface area (Å²) in [6.45, 7) is 2.44. The largest absolute Gasteiger partial charge is 0.481 e. The summed E-state index contributed by atoms with van der Waals surface area (Å²) in [5.41, 5.74) is -1.23. The Labute approximate surface area is 86.7 Å². The molecule has 92 valence electrons. The summed E-state index contributed by atoms with van der Waals surface area (Å²) in [5.74, 6) is 0. The number of phosphoric ester groups is 1. The molecule has 4 N–H and O–H groups in total. The van der Waals surface area contributed by atoms with Crippen LogP contribution in [0.3, 0.4) is 0 Å². The zero-order chi connectivity index (χ0) is 12.3. The highest BCUT2D eigenvalue weighted by Gasteiger charge is 2.37. The Kier molecular flexibility index (Phi) is 5.11. The summed E-state index contributed by atoms with van der Waals surface area (Å²) >= 11 is 0. The van der Waals surface area contributed by atoms with Gasteiger partial charge in [0.25, 0.3) is 0 Å². The number of hydrogen-bond donors (Lipinski definition) is 4. The molecule has 0 radical (unpaired) electrons. The Bertz CT molecular complexity index is 293. The highest BCUT2D eigenvalue weighted by atomic mass is 31.3. The lowest BCUT2D eigenvalue weighted by molar-refractivity contribution is 0.0428. The normalized spacial score (nSPS) is 17.5. The molecule has 0 aromatic heterocycles. The van der Waals surface area contributed by atoms with Crippen LogP contribution >= 0.6 is 15.6 Å². The van der Waals surface area contributed by atoms with E-state index in [9.17, 15) is 9.13 Å². The molecule has 0 amide bonds. The second-order valence-corrected chi connectivity index (χ2v) is 6.12. The first-order chi connectivity index (χ1) is 6.47. The second kappa shape index (κ2) is 5.03. The van der Waals surface area contributed by atoms with E-state index in [0.29, 0.717) is 0 Å². The van der Waals surface area contributed by atoms with Crippen molar-refractivity contribution in [3.63, 3.8) is 0 Å². The van der Waals surface area contributed by atoms with Crippen LogP contribution in [0.2, 0.25) is 0 Å². The van der Waals surface area contributed by atoms with Gasteiger partial charge in [0.2, 0.25) is 0 Å². The van der Waals surface area contributed by atoms with Gasteiger partial charge < -0.3 is 19.8 Å². The highest BCUT2D eigenvalue weighted by Crippen LogP contribution is 2.59. The van der Waals surface area contributed by atoms with Crippen LogP contribution in [0.1, 0.15) is 20.3 Å². The monoisotopic (exact) mass is 264 g/mol. The predicted molar refractivity (Wildman–Crippen MR) is 49.8 cm³/mol. The Balaban J connectivity index is 4.51. The molecular weight excluding hydrogens is 250 g/mol. The van der Waals surface area contributed by atoms with Gasteiger partial charge in [-0.1, -0.05) is 0 Å². The lowest BCUT2D eigenvalue weighted by Gasteiger charge is -2.26. The van der Waals surface area contributed by atoms with Crippen molar-refractivity contribution in [1.82, 2.24) is 0 Å². The van der Waals surface area contributed by atoms with Crippen molar-refractivity contribution in [2.75, 3.05) is 6.61 Å². The van der Waals surface area contributed by atoms with E-state index in [1.54, 1.807) is 0 Å². The molecule has 1 atom stereocenters. The Hall–Kier alpha value is 0.220. The third-order valence-electron chi connectivity index (χ3n) is 1.29. The molecule has 0 heterocycles. The molecule has 10 heteroatoms. The van der Waals surface area contributed by atoms with Crippen LogP contribution in [0.4, 0.5) is 0 Å². The van der Waals surface area contributed by atoms with Gasteiger partial charge in [0.1, 0.15) is 0 Å². The average molecular weight is 264 g/mol. The van der Waals surface area contributed by atoms with Crippen LogP contribution in [0.5, 0.6) is 0 Å². The van der Waals surface area contributed by atoms with Gasteiger partial charge in [-0.15, -0.1) is 0 Å². The fourth-order valence-corrected chi connectivity index (χ4v) is 2.70. The fraction of sp³-hybridized carbons (Fsp3) is 1.00. The van der Waals surface area contributed by atoms with Gasteiger partial charge in [-0.05, 0) is 20.3 Å². The van der Waals surface area contributed by atoms with Crippen LogP contribution in [0.25, 0.3) is 0 Å². The van der Waals surface area contributed by atoms with Crippen molar-refractivity contribution >= 4 is 15.6 Å². The number of aliphatic hydroxyl groups is 1. The molecule has 0 rings (SSSR count). The summed E-state index contributed by atoms with van der Waals surface area (Å²) in [7, 11) is -9.93. The topological polar surface area (TPSA) is 134 Å². The first kappa shape index (κ1) is 15.2. The van der Waals surface area contributed by atoms with E-state index >= 15 is 0 Å². The van der Waals surface area contributed by atoms with Gasteiger partial charge in [0, 0.05) is 6.61 Å². The molecule has 8 nitrogen and oxygen atoms in total. The fourth-order valence-electron chi connectivity index (χ4n) is 0.778. The van der Waals surface area contributed by atoms with E-state index < -0.39 is 21.2 Å². The first-order valence-corrected chi connectivity index (χ1v) is 6.91. The van der Waals surface area contributed by atoms with E-state index in [1.807, 2.05) is 0 Å². The smallest absolute Gasteiger partial charge is 0.396 e. The molecule has 0 aromatic carbocycles. The zero-order valence-corrected chi connectivity index (χ0v) is 10.0. The molecule has 0 aliphatic carbocycles. The minimum absolute atomic E-state index is 0.0159. The summed E-state index contributed by atoms with van der Waals surface area (Å²) in [6.07, 6.45) is 0.0159. The molecule has 0 fully saturated rings. The Morgan fingerprint density at radius 1 is 1.20 bits per heavy atom. The van der Waals surface area contributed by atoms with Crippen molar-refractivity contribution in [1.29, 1.82) is 0 Å². The molecule has 0 saturated heterocycles. The predicted octanol–water partition coefficient (Wildman–Crippen LogP) is 0.374. The summed E-state index contributed by atoms with van der Waals surface area (Å²) < 4.78 is 29.4. The maximum Gasteiger partial charge on any atom is 0.481 e. The molecule has 0 saturated carbocycles. The van der Waals surface area contributed by atoms with E-state index in [-0.39, 0.29) is 13.0 Å². The Morgan fingerprint density at radius 2 is 1.67 bits per heavy atom. The van der Waals surface area contributed by atoms with Gasteiger partial charge in [-0.2, -0.15) is 4.31 Å². The number of aliphatic hydroxyl groups excluding tert-OH is 1. The molecule has 0 bridgehead atoms. The lowest BCUT2D eigenvalue weighted by Crippen LogP contribution is -2.24. The third kappa shape index (κ3) is 8.07. The molecule has 0 aliphatic rings. The van der Waals surface area contributed by atoms with Crippen molar-refractivity contribution in [2.24, 2.45) is 0 Å². The van der Waals surface area contributed by atoms with Crippen LogP contribution in [-0.4, -0.2) is 32.0 Å². The number of phosphoric acid groups is 2. The van der Waals surface area contributed by atoms with Crippen molar-refractivity contribution in [3.05, 3.63) is 0 Å². The quantitative estimate of drug-likeness (QED) is 0.505. The van der Waals surface area contributed by atoms with E-state index in [0.717, 1.165) is 0 Å². The third-order valence-corrected chi connectivity index (χ3v) is 3.69. The first-order valence-electron chi connectivity index (χ1n) is 3.89. The van der Waals surface area contributed by atoms with E-state index in [2.05, 4.69) is 8.83 Å². The molecule has 0 aliphatic heterocycles. The summed E-state index contributed by atoms with van der Waals surface area (Å²) in [4.78, 5) is 25.6. The average Bonchev–Trinajstić information content (AvgIpc) is 1.74. The lowest BCUT2D eigenvalue weighted by atomic mass is 10.1. The Morgan fingerprint density at radius 3 is 2.00 bits per heavy atom. The van der Waals surface area contributed by atoms with Gasteiger partial charge in [-0.3, -0.25) is 4.52 Å². The van der Waals surface area contributed by atoms with Gasteiger partial charge in [-0.25, -0.2) is 9.13 Å². The summed E-state index contributed by atoms with van der Waals surface area (Å²) in [6, 6.07) is 0. The highest BCUT2D eigenvalue weighted by molar-refractivity contribution is 7.60. The van der Waals surface area contributed by atoms with E-state index in [4.69, 9.17) is 19.8 Å². The van der Waals surface area contributed by atoms with Gasteiger partial charge >= 0.3 is 15.6 Å². The SMILES string of the molecule is CC(C)(CCO)OP(=O)(O)OP(=O)(O)O. The van der Waals surface area contributed by atoms with Crippen molar-refractivity contribution in [2.45, 2.75) is 25.9 Å². The minimum atomic E-state index is -5.09. The van der Waals surface area contributed by atoms with Gasteiger partial charge in [0.05, 0.1) is 5.60 Å². The maximum atomic E-state index is 11.1. The van der Waals surface area contributed by atoms with Gasteiger partial charge in [0.15, 0.2) is 0 Å². The van der Waals surface area contributed by atoms with Crippen molar-refractivity contribution < 1.29 is 37.8 Å². The van der Waals surface area contributed by atoms with Crippen LogP contribution in [0.15, 0.2) is 0 Å². The van der Waals surface area contributed by atoms with Crippen LogP contribution in [0, 0.1) is 0 Å². The molecule has 0 spiro atoms. The molecule has 15 heavy (non-hydrogen) atoms. The maximum absolute atomic E-state index is 11.1. The van der Waals surface area contributed by atoms with Crippen LogP contribution < -0.4 is 0 Å². The van der Waals surface area contributed by atoms with Crippen molar-refractivity contribution in [3.8, 4) is 0 Å². The summed E-state index contributed by atoms with van der Waals surface area (Å²) in [5, 5.41) is 8.59. The molecule has 1 unspecified atom stereocenters. The minimum Gasteiger partial charge on any atom is -0.396 e. The number of rotatable bonds is 6. The van der Waals surface area contributed by atoms with E-state index in [1.165, 1.54) is 13.8 Å². The second-order valence-electron chi connectivity index (χ2n) is 3.37. The molecule has 0 aromatic rings. The number of hydrogen-bond acceptors (Lipinski definition) is 5. The van der Waals surface area contributed by atoms with Crippen LogP contribution in [-0.2, 0) is 18.0 Å². The molecular formula is C5H14O8P2.